The van der Waals surface area contributed by atoms with Crippen molar-refractivity contribution in [2.24, 2.45) is 0 Å². The van der Waals surface area contributed by atoms with Crippen molar-refractivity contribution < 1.29 is 14.3 Å². The molecule has 0 saturated heterocycles. The van der Waals surface area contributed by atoms with E-state index in [1.807, 2.05) is 44.2 Å². The molecular formula is C19H21NO3S2. The second-order valence-corrected chi connectivity index (χ2v) is 9.07. The minimum absolute atomic E-state index is 0.180. The molecule has 2 aromatic rings. The van der Waals surface area contributed by atoms with Gasteiger partial charge in [-0.25, -0.2) is 4.79 Å². The summed E-state index contributed by atoms with van der Waals surface area (Å²) in [4.78, 5) is 29.7. The van der Waals surface area contributed by atoms with Crippen molar-refractivity contribution in [2.75, 3.05) is 18.1 Å². The Morgan fingerprint density at radius 3 is 2.76 bits per heavy atom. The lowest BCUT2D eigenvalue weighted by Crippen LogP contribution is -2.35. The van der Waals surface area contributed by atoms with Crippen LogP contribution in [0.4, 0.5) is 5.69 Å². The number of carbonyl (C=O) groups excluding carboxylic acids is 2. The van der Waals surface area contributed by atoms with E-state index in [1.54, 1.807) is 28.0 Å². The predicted molar refractivity (Wildman–Crippen MR) is 103 cm³/mol. The molecule has 0 radical (unpaired) electrons. The summed E-state index contributed by atoms with van der Waals surface area (Å²) in [7, 11) is 0. The van der Waals surface area contributed by atoms with Gasteiger partial charge in [-0.2, -0.15) is 0 Å². The van der Waals surface area contributed by atoms with Gasteiger partial charge in [0.25, 0.3) is 5.91 Å². The molecule has 0 aliphatic carbocycles. The van der Waals surface area contributed by atoms with Gasteiger partial charge in [-0.15, -0.1) is 23.1 Å². The molecule has 1 aliphatic heterocycles. The van der Waals surface area contributed by atoms with Crippen LogP contribution >= 0.6 is 23.1 Å². The van der Waals surface area contributed by atoms with Gasteiger partial charge in [0.2, 0.25) is 0 Å². The third-order valence-corrected chi connectivity index (χ3v) is 6.34. The van der Waals surface area contributed by atoms with Crippen LogP contribution in [0.25, 0.3) is 0 Å². The SMILES string of the molecule is Cc1cc(C(=O)OCC(=O)N2CC[C@@H](C)Sc3ccccc32)c(C)s1. The summed E-state index contributed by atoms with van der Waals surface area (Å²) in [6.07, 6.45) is 0.905. The van der Waals surface area contributed by atoms with E-state index < -0.39 is 5.97 Å². The van der Waals surface area contributed by atoms with E-state index in [4.69, 9.17) is 4.74 Å². The fraction of sp³-hybridized carbons (Fsp3) is 0.368. The van der Waals surface area contributed by atoms with Gasteiger partial charge in [0.15, 0.2) is 6.61 Å². The van der Waals surface area contributed by atoms with Gasteiger partial charge in [-0.3, -0.25) is 4.79 Å². The number of ether oxygens (including phenoxy) is 1. The Morgan fingerprint density at radius 2 is 2.04 bits per heavy atom. The van der Waals surface area contributed by atoms with Crippen molar-refractivity contribution in [2.45, 2.75) is 37.3 Å². The summed E-state index contributed by atoms with van der Waals surface area (Å²) in [5, 5.41) is 0.443. The molecule has 0 bridgehead atoms. The number of para-hydroxylation sites is 1. The molecule has 0 saturated carbocycles. The minimum atomic E-state index is -0.430. The molecule has 0 fully saturated rings. The van der Waals surface area contributed by atoms with E-state index in [0.717, 1.165) is 26.8 Å². The molecule has 132 valence electrons. The lowest BCUT2D eigenvalue weighted by molar-refractivity contribution is -0.121. The number of hydrogen-bond acceptors (Lipinski definition) is 5. The molecule has 1 aromatic carbocycles. The summed E-state index contributed by atoms with van der Waals surface area (Å²) >= 11 is 3.33. The second-order valence-electron chi connectivity index (χ2n) is 6.13. The Kier molecular flexibility index (Phi) is 5.49. The molecule has 3 rings (SSSR count). The number of anilines is 1. The number of benzene rings is 1. The molecule has 0 N–H and O–H groups in total. The van der Waals surface area contributed by atoms with Crippen molar-refractivity contribution in [3.63, 3.8) is 0 Å². The Morgan fingerprint density at radius 1 is 1.28 bits per heavy atom. The molecule has 4 nitrogen and oxygen atoms in total. The zero-order chi connectivity index (χ0) is 18.0. The van der Waals surface area contributed by atoms with Crippen LogP contribution in [0.2, 0.25) is 0 Å². The Bertz CT molecular complexity index is 800. The average molecular weight is 376 g/mol. The fourth-order valence-corrected chi connectivity index (χ4v) is 4.89. The number of rotatable bonds is 3. The van der Waals surface area contributed by atoms with Gasteiger partial charge in [-0.05, 0) is 38.5 Å². The van der Waals surface area contributed by atoms with Gasteiger partial charge in [0.05, 0.1) is 11.3 Å². The monoisotopic (exact) mass is 375 g/mol. The van der Waals surface area contributed by atoms with Crippen LogP contribution in [0.3, 0.4) is 0 Å². The normalized spacial score (nSPS) is 16.9. The topological polar surface area (TPSA) is 46.6 Å². The van der Waals surface area contributed by atoms with Crippen LogP contribution in [0.1, 0.15) is 33.5 Å². The minimum Gasteiger partial charge on any atom is -0.452 e. The highest BCUT2D eigenvalue weighted by Crippen LogP contribution is 2.37. The standard InChI is InChI=1S/C19H21NO3S2/c1-12-8-9-20(16-6-4-5-7-17(16)25-12)18(21)11-23-19(22)15-10-13(2)24-14(15)3/h4-7,10,12H,8-9,11H2,1-3H3/t12-/m1/s1. The highest BCUT2D eigenvalue weighted by molar-refractivity contribution is 8.00. The van der Waals surface area contributed by atoms with Crippen LogP contribution in [0, 0.1) is 13.8 Å². The third kappa shape index (κ3) is 4.07. The lowest BCUT2D eigenvalue weighted by atomic mass is 10.2. The number of thioether (sulfide) groups is 1. The Balaban J connectivity index is 1.71. The average Bonchev–Trinajstić information content (AvgIpc) is 2.82. The zero-order valence-electron chi connectivity index (χ0n) is 14.6. The van der Waals surface area contributed by atoms with Crippen LogP contribution in [-0.2, 0) is 9.53 Å². The molecule has 1 amide bonds. The Labute approximate surface area is 156 Å². The van der Waals surface area contributed by atoms with E-state index in [2.05, 4.69) is 6.92 Å². The summed E-state index contributed by atoms with van der Waals surface area (Å²) in [5.41, 5.74) is 1.45. The first-order chi connectivity index (χ1) is 12.0. The van der Waals surface area contributed by atoms with Crippen molar-refractivity contribution in [3.8, 4) is 0 Å². The number of nitrogens with zero attached hydrogens (tertiary/aromatic N) is 1. The van der Waals surface area contributed by atoms with Crippen molar-refractivity contribution in [1.82, 2.24) is 0 Å². The maximum absolute atomic E-state index is 12.7. The summed E-state index contributed by atoms with van der Waals surface area (Å²) in [6.45, 7) is 6.40. The van der Waals surface area contributed by atoms with E-state index in [-0.39, 0.29) is 12.5 Å². The van der Waals surface area contributed by atoms with Crippen LogP contribution in [0.5, 0.6) is 0 Å². The molecular weight excluding hydrogens is 354 g/mol. The van der Waals surface area contributed by atoms with E-state index in [9.17, 15) is 9.59 Å². The molecule has 0 spiro atoms. The lowest BCUT2D eigenvalue weighted by Gasteiger charge is -2.22. The predicted octanol–water partition coefficient (Wildman–Crippen LogP) is 4.44. The molecule has 1 atom stereocenters. The first kappa shape index (κ1) is 18.0. The summed E-state index contributed by atoms with van der Waals surface area (Å²) < 4.78 is 5.29. The Hall–Kier alpha value is -1.79. The number of esters is 1. The smallest absolute Gasteiger partial charge is 0.339 e. The maximum atomic E-state index is 12.7. The fourth-order valence-electron chi connectivity index (χ4n) is 2.86. The van der Waals surface area contributed by atoms with Gasteiger partial charge < -0.3 is 9.64 Å². The molecule has 1 aliphatic rings. The van der Waals surface area contributed by atoms with E-state index >= 15 is 0 Å². The number of carbonyl (C=O) groups is 2. The van der Waals surface area contributed by atoms with E-state index in [1.165, 1.54) is 0 Å². The quantitative estimate of drug-likeness (QED) is 0.744. The first-order valence-electron chi connectivity index (χ1n) is 8.26. The molecule has 0 unspecified atom stereocenters. The highest BCUT2D eigenvalue weighted by Gasteiger charge is 2.25. The highest BCUT2D eigenvalue weighted by atomic mass is 32.2. The zero-order valence-corrected chi connectivity index (χ0v) is 16.2. The third-order valence-electron chi connectivity index (χ3n) is 4.13. The van der Waals surface area contributed by atoms with Crippen LogP contribution < -0.4 is 4.90 Å². The summed E-state index contributed by atoms with van der Waals surface area (Å²) in [5.74, 6) is -0.610. The number of amides is 1. The largest absolute Gasteiger partial charge is 0.452 e. The molecule has 1 aromatic heterocycles. The number of fused-ring (bicyclic) bond motifs is 1. The van der Waals surface area contributed by atoms with Crippen LogP contribution in [-0.4, -0.2) is 30.3 Å². The number of hydrogen-bond donors (Lipinski definition) is 0. The summed E-state index contributed by atoms with van der Waals surface area (Å²) in [6, 6.07) is 9.71. The maximum Gasteiger partial charge on any atom is 0.339 e. The van der Waals surface area contributed by atoms with Gasteiger partial charge in [0, 0.05) is 26.4 Å². The van der Waals surface area contributed by atoms with Crippen molar-refractivity contribution >= 4 is 40.7 Å². The molecule has 25 heavy (non-hydrogen) atoms. The van der Waals surface area contributed by atoms with Crippen molar-refractivity contribution in [3.05, 3.63) is 45.6 Å². The number of aryl methyl sites for hydroxylation is 2. The second kappa shape index (κ2) is 7.62. The van der Waals surface area contributed by atoms with Crippen molar-refractivity contribution in [1.29, 1.82) is 0 Å². The molecule has 2 heterocycles. The van der Waals surface area contributed by atoms with E-state index in [0.29, 0.717) is 17.4 Å². The number of thiophene rings is 1. The van der Waals surface area contributed by atoms with Gasteiger partial charge >= 0.3 is 5.97 Å². The molecule has 6 heteroatoms. The van der Waals surface area contributed by atoms with Gasteiger partial charge in [-0.1, -0.05) is 19.1 Å². The van der Waals surface area contributed by atoms with Crippen LogP contribution in [0.15, 0.2) is 35.2 Å². The first-order valence-corrected chi connectivity index (χ1v) is 9.95. The van der Waals surface area contributed by atoms with Gasteiger partial charge in [0.1, 0.15) is 0 Å².